The molecule has 0 aliphatic heterocycles. The Morgan fingerprint density at radius 2 is 1.94 bits per heavy atom. The number of aromatic nitrogens is 1. The fourth-order valence-corrected chi connectivity index (χ4v) is 2.15. The van der Waals surface area contributed by atoms with Gasteiger partial charge in [0.25, 0.3) is 0 Å². The van der Waals surface area contributed by atoms with Gasteiger partial charge in [0.2, 0.25) is 0 Å². The van der Waals surface area contributed by atoms with Gasteiger partial charge in [-0.25, -0.2) is 0 Å². The molecule has 2 unspecified atom stereocenters. The van der Waals surface area contributed by atoms with E-state index in [0.717, 1.165) is 25.2 Å². The molecule has 90 valence electrons. The third-order valence-electron chi connectivity index (χ3n) is 3.04. The third-order valence-corrected chi connectivity index (χ3v) is 3.04. The van der Waals surface area contributed by atoms with Crippen LogP contribution in [0.5, 0.6) is 0 Å². The molecule has 2 heteroatoms. The fourth-order valence-electron chi connectivity index (χ4n) is 2.15. The number of nitrogens with zero attached hydrogens (tertiary/aromatic N) is 1. The molecule has 16 heavy (non-hydrogen) atoms. The topological polar surface area (TPSA) is 38.9 Å². The lowest BCUT2D eigenvalue weighted by atomic mass is 9.94. The number of hydrogen-bond acceptors (Lipinski definition) is 2. The molecule has 2 atom stereocenters. The lowest BCUT2D eigenvalue weighted by Crippen LogP contribution is -2.23. The van der Waals surface area contributed by atoms with Crippen LogP contribution in [0.4, 0.5) is 0 Å². The summed E-state index contributed by atoms with van der Waals surface area (Å²) in [5.41, 5.74) is 7.48. The first-order valence-electron chi connectivity index (χ1n) is 6.36. The second-order valence-electron chi connectivity index (χ2n) is 4.78. The average molecular weight is 220 g/mol. The van der Waals surface area contributed by atoms with Gasteiger partial charge in [-0.15, -0.1) is 0 Å². The predicted octanol–water partition coefficient (Wildman–Crippen LogP) is 3.17. The van der Waals surface area contributed by atoms with Gasteiger partial charge in [-0.05, 0) is 42.9 Å². The molecule has 0 bridgehead atoms. The van der Waals surface area contributed by atoms with E-state index in [0.29, 0.717) is 6.04 Å². The molecule has 0 aromatic carbocycles. The van der Waals surface area contributed by atoms with E-state index in [4.69, 9.17) is 5.73 Å². The van der Waals surface area contributed by atoms with Gasteiger partial charge in [0.1, 0.15) is 0 Å². The van der Waals surface area contributed by atoms with Crippen molar-refractivity contribution < 1.29 is 0 Å². The van der Waals surface area contributed by atoms with Crippen LogP contribution in [0.25, 0.3) is 0 Å². The summed E-state index contributed by atoms with van der Waals surface area (Å²) in [5.74, 6) is 0.762. The van der Waals surface area contributed by atoms with Gasteiger partial charge in [-0.2, -0.15) is 0 Å². The van der Waals surface area contributed by atoms with Gasteiger partial charge < -0.3 is 5.73 Å². The van der Waals surface area contributed by atoms with Crippen LogP contribution in [0.2, 0.25) is 0 Å². The Hall–Kier alpha value is -0.890. The van der Waals surface area contributed by atoms with Crippen molar-refractivity contribution in [1.82, 2.24) is 4.98 Å². The third kappa shape index (κ3) is 5.26. The quantitative estimate of drug-likeness (QED) is 0.766. The van der Waals surface area contributed by atoms with Crippen LogP contribution in [0, 0.1) is 5.92 Å². The smallest absolute Gasteiger partial charge is 0.0270 e. The molecular weight excluding hydrogens is 196 g/mol. The van der Waals surface area contributed by atoms with Crippen LogP contribution in [-0.2, 0) is 6.42 Å². The van der Waals surface area contributed by atoms with Crippen LogP contribution in [-0.4, -0.2) is 11.0 Å². The molecule has 0 amide bonds. The van der Waals surface area contributed by atoms with Crippen molar-refractivity contribution in [1.29, 1.82) is 0 Å². The van der Waals surface area contributed by atoms with E-state index >= 15 is 0 Å². The summed E-state index contributed by atoms with van der Waals surface area (Å²) in [5, 5.41) is 0. The van der Waals surface area contributed by atoms with Crippen molar-refractivity contribution >= 4 is 0 Å². The molecule has 1 rings (SSSR count). The van der Waals surface area contributed by atoms with Gasteiger partial charge in [0.05, 0.1) is 0 Å². The van der Waals surface area contributed by atoms with E-state index in [9.17, 15) is 0 Å². The summed E-state index contributed by atoms with van der Waals surface area (Å²) in [7, 11) is 0. The molecule has 0 radical (unpaired) electrons. The zero-order valence-corrected chi connectivity index (χ0v) is 10.5. The molecular formula is C14H24N2. The monoisotopic (exact) mass is 220 g/mol. The van der Waals surface area contributed by atoms with Gasteiger partial charge in [-0.1, -0.05) is 26.7 Å². The molecule has 1 aromatic rings. The SMILES string of the molecule is CCCC(C)CC(N)CCc1ccncc1. The molecule has 0 spiro atoms. The minimum absolute atomic E-state index is 0.342. The van der Waals surface area contributed by atoms with Gasteiger partial charge in [-0.3, -0.25) is 4.98 Å². The lowest BCUT2D eigenvalue weighted by molar-refractivity contribution is 0.419. The van der Waals surface area contributed by atoms with E-state index in [2.05, 4.69) is 31.0 Å². The number of nitrogens with two attached hydrogens (primary N) is 1. The van der Waals surface area contributed by atoms with E-state index in [-0.39, 0.29) is 0 Å². The van der Waals surface area contributed by atoms with Gasteiger partial charge in [0.15, 0.2) is 0 Å². The van der Waals surface area contributed by atoms with Crippen LogP contribution in [0.1, 0.15) is 45.1 Å². The van der Waals surface area contributed by atoms with Gasteiger partial charge in [0, 0.05) is 18.4 Å². The maximum Gasteiger partial charge on any atom is 0.0270 e. The first kappa shape index (κ1) is 13.2. The molecule has 2 nitrogen and oxygen atoms in total. The molecule has 1 heterocycles. The first-order valence-corrected chi connectivity index (χ1v) is 6.36. The van der Waals surface area contributed by atoms with Crippen LogP contribution in [0.3, 0.4) is 0 Å². The Kier molecular flexibility index (Phi) is 6.09. The Morgan fingerprint density at radius 1 is 1.25 bits per heavy atom. The average Bonchev–Trinajstić information content (AvgIpc) is 2.28. The highest BCUT2D eigenvalue weighted by Gasteiger charge is 2.08. The standard InChI is InChI=1S/C14H24N2/c1-3-4-12(2)11-14(15)6-5-13-7-9-16-10-8-13/h7-10,12,14H,3-6,11,15H2,1-2H3. The minimum Gasteiger partial charge on any atom is -0.328 e. The van der Waals surface area contributed by atoms with Crippen LogP contribution >= 0.6 is 0 Å². The van der Waals surface area contributed by atoms with Crippen molar-refractivity contribution in [3.05, 3.63) is 30.1 Å². The number of rotatable bonds is 7. The number of hydrogen-bond donors (Lipinski definition) is 1. The first-order chi connectivity index (χ1) is 7.72. The van der Waals surface area contributed by atoms with Gasteiger partial charge >= 0.3 is 0 Å². The zero-order chi connectivity index (χ0) is 11.8. The van der Waals surface area contributed by atoms with Crippen molar-refractivity contribution in [2.75, 3.05) is 0 Å². The molecule has 0 aliphatic rings. The van der Waals surface area contributed by atoms with Crippen LogP contribution in [0.15, 0.2) is 24.5 Å². The predicted molar refractivity (Wildman–Crippen MR) is 69.2 cm³/mol. The molecule has 0 saturated heterocycles. The Balaban J connectivity index is 2.22. The summed E-state index contributed by atoms with van der Waals surface area (Å²) >= 11 is 0. The minimum atomic E-state index is 0.342. The molecule has 0 aliphatic carbocycles. The molecule has 1 aromatic heterocycles. The molecule has 0 fully saturated rings. The van der Waals surface area contributed by atoms with E-state index in [1.165, 1.54) is 18.4 Å². The van der Waals surface area contributed by atoms with Crippen molar-refractivity contribution in [3.63, 3.8) is 0 Å². The van der Waals surface area contributed by atoms with Crippen molar-refractivity contribution in [2.45, 2.75) is 52.0 Å². The Labute approximate surface area is 99.3 Å². The molecule has 2 N–H and O–H groups in total. The highest BCUT2D eigenvalue weighted by Crippen LogP contribution is 2.14. The zero-order valence-electron chi connectivity index (χ0n) is 10.5. The summed E-state index contributed by atoms with van der Waals surface area (Å²) in [6.45, 7) is 4.54. The Bertz CT molecular complexity index is 271. The largest absolute Gasteiger partial charge is 0.328 e. The van der Waals surface area contributed by atoms with E-state index < -0.39 is 0 Å². The second kappa shape index (κ2) is 7.39. The summed E-state index contributed by atoms with van der Waals surface area (Å²) in [6.07, 6.45) is 9.56. The summed E-state index contributed by atoms with van der Waals surface area (Å²) in [6, 6.07) is 4.49. The summed E-state index contributed by atoms with van der Waals surface area (Å²) in [4.78, 5) is 4.01. The van der Waals surface area contributed by atoms with E-state index in [1.807, 2.05) is 12.4 Å². The number of pyridine rings is 1. The highest BCUT2D eigenvalue weighted by atomic mass is 14.6. The second-order valence-corrected chi connectivity index (χ2v) is 4.78. The molecule has 0 saturated carbocycles. The Morgan fingerprint density at radius 3 is 2.56 bits per heavy atom. The normalized spacial score (nSPS) is 14.7. The fraction of sp³-hybridized carbons (Fsp3) is 0.643. The van der Waals surface area contributed by atoms with Crippen molar-refractivity contribution in [3.8, 4) is 0 Å². The van der Waals surface area contributed by atoms with Crippen molar-refractivity contribution in [2.24, 2.45) is 11.7 Å². The summed E-state index contributed by atoms with van der Waals surface area (Å²) < 4.78 is 0. The van der Waals surface area contributed by atoms with Crippen LogP contribution < -0.4 is 5.73 Å². The highest BCUT2D eigenvalue weighted by molar-refractivity contribution is 5.09. The lowest BCUT2D eigenvalue weighted by Gasteiger charge is -2.16. The number of aryl methyl sites for hydroxylation is 1. The van der Waals surface area contributed by atoms with E-state index in [1.54, 1.807) is 0 Å². The maximum absolute atomic E-state index is 6.14. The maximum atomic E-state index is 6.14.